The molecule has 0 saturated heterocycles. The molecule has 0 aliphatic rings. The van der Waals surface area contributed by atoms with Gasteiger partial charge in [-0.25, -0.2) is 4.98 Å². The van der Waals surface area contributed by atoms with Crippen LogP contribution in [-0.2, 0) is 16.1 Å². The lowest BCUT2D eigenvalue weighted by Gasteiger charge is -2.23. The lowest BCUT2D eigenvalue weighted by Crippen LogP contribution is -2.45. The monoisotopic (exact) mass is 400 g/mol. The van der Waals surface area contributed by atoms with Gasteiger partial charge < -0.3 is 20.1 Å². The molecule has 1 unspecified atom stereocenters. The van der Waals surface area contributed by atoms with Crippen LogP contribution in [0.1, 0.15) is 18.2 Å². The SMILES string of the molecule is COc1ccc(CNC(=O)C(C)N(C)CC(=O)Nc2cccc(C)n2)cc1OC. The van der Waals surface area contributed by atoms with Crippen LogP contribution in [0.15, 0.2) is 36.4 Å². The van der Waals surface area contributed by atoms with Gasteiger partial charge in [0.15, 0.2) is 11.5 Å². The molecule has 1 aromatic carbocycles. The average Bonchev–Trinajstić information content (AvgIpc) is 2.70. The number of rotatable bonds is 9. The van der Waals surface area contributed by atoms with Gasteiger partial charge >= 0.3 is 0 Å². The van der Waals surface area contributed by atoms with Crippen molar-refractivity contribution in [1.82, 2.24) is 15.2 Å². The predicted molar refractivity (Wildman–Crippen MR) is 111 cm³/mol. The number of aryl methyl sites for hydroxylation is 1. The van der Waals surface area contributed by atoms with Crippen molar-refractivity contribution in [1.29, 1.82) is 0 Å². The van der Waals surface area contributed by atoms with Crippen LogP contribution in [0.5, 0.6) is 11.5 Å². The summed E-state index contributed by atoms with van der Waals surface area (Å²) in [4.78, 5) is 30.6. The second kappa shape index (κ2) is 10.4. The van der Waals surface area contributed by atoms with Crippen LogP contribution in [0.25, 0.3) is 0 Å². The van der Waals surface area contributed by atoms with E-state index in [1.807, 2.05) is 31.2 Å². The molecular formula is C21H28N4O4. The Morgan fingerprint density at radius 1 is 1.14 bits per heavy atom. The molecule has 0 radical (unpaired) electrons. The van der Waals surface area contributed by atoms with Crippen LogP contribution in [0.4, 0.5) is 5.82 Å². The Balaban J connectivity index is 1.86. The number of nitrogens with one attached hydrogen (secondary N) is 2. The Hall–Kier alpha value is -3.13. The third-order valence-electron chi connectivity index (χ3n) is 4.50. The van der Waals surface area contributed by atoms with Crippen LogP contribution in [0.3, 0.4) is 0 Å². The number of methoxy groups -OCH3 is 2. The molecule has 0 spiro atoms. The van der Waals surface area contributed by atoms with Gasteiger partial charge in [0.05, 0.1) is 26.8 Å². The van der Waals surface area contributed by atoms with Gasteiger partial charge in [-0.3, -0.25) is 14.5 Å². The molecule has 0 aliphatic carbocycles. The first-order valence-corrected chi connectivity index (χ1v) is 9.26. The smallest absolute Gasteiger partial charge is 0.239 e. The first kappa shape index (κ1) is 22.2. The summed E-state index contributed by atoms with van der Waals surface area (Å²) >= 11 is 0. The maximum Gasteiger partial charge on any atom is 0.239 e. The van der Waals surface area contributed by atoms with Crippen LogP contribution in [0, 0.1) is 6.92 Å². The Labute approximate surface area is 171 Å². The van der Waals surface area contributed by atoms with Crippen molar-refractivity contribution in [2.75, 3.05) is 33.1 Å². The number of amides is 2. The average molecular weight is 400 g/mol. The summed E-state index contributed by atoms with van der Waals surface area (Å²) in [5.41, 5.74) is 1.70. The molecule has 156 valence electrons. The molecule has 1 aromatic heterocycles. The number of likely N-dealkylation sites (N-methyl/N-ethyl adjacent to an activating group) is 1. The van der Waals surface area contributed by atoms with Crippen LogP contribution < -0.4 is 20.1 Å². The highest BCUT2D eigenvalue weighted by atomic mass is 16.5. The zero-order chi connectivity index (χ0) is 21.4. The predicted octanol–water partition coefficient (Wildman–Crippen LogP) is 1.98. The van der Waals surface area contributed by atoms with Crippen molar-refractivity contribution in [2.24, 2.45) is 0 Å². The maximum absolute atomic E-state index is 12.5. The first-order valence-electron chi connectivity index (χ1n) is 9.26. The third kappa shape index (κ3) is 6.46. The topological polar surface area (TPSA) is 92.8 Å². The molecule has 0 aliphatic heterocycles. The van der Waals surface area contributed by atoms with E-state index in [0.29, 0.717) is 23.9 Å². The van der Waals surface area contributed by atoms with Gasteiger partial charge in [0.1, 0.15) is 5.82 Å². The molecule has 1 atom stereocenters. The standard InChI is InChI=1S/C21H28N4O4/c1-14-7-6-8-19(23-14)24-20(26)13-25(3)15(2)21(27)22-12-16-9-10-17(28-4)18(11-16)29-5/h6-11,15H,12-13H2,1-5H3,(H,22,27)(H,23,24,26). The van der Waals surface area contributed by atoms with E-state index in [-0.39, 0.29) is 18.4 Å². The molecule has 0 saturated carbocycles. The molecule has 2 aromatic rings. The number of benzene rings is 1. The number of anilines is 1. The minimum atomic E-state index is -0.480. The highest BCUT2D eigenvalue weighted by Gasteiger charge is 2.20. The van der Waals surface area contributed by atoms with Crippen molar-refractivity contribution in [3.8, 4) is 11.5 Å². The molecule has 1 heterocycles. The lowest BCUT2D eigenvalue weighted by atomic mass is 10.2. The fourth-order valence-electron chi connectivity index (χ4n) is 2.69. The molecule has 29 heavy (non-hydrogen) atoms. The van der Waals surface area contributed by atoms with Gasteiger partial charge in [-0.2, -0.15) is 0 Å². The maximum atomic E-state index is 12.5. The Morgan fingerprint density at radius 2 is 1.86 bits per heavy atom. The number of carbonyl (C=O) groups excluding carboxylic acids is 2. The van der Waals surface area contributed by atoms with Crippen molar-refractivity contribution < 1.29 is 19.1 Å². The van der Waals surface area contributed by atoms with Crippen LogP contribution in [-0.4, -0.2) is 55.6 Å². The molecule has 0 bridgehead atoms. The van der Waals surface area contributed by atoms with E-state index >= 15 is 0 Å². The molecule has 8 nitrogen and oxygen atoms in total. The van der Waals surface area contributed by atoms with Gasteiger partial charge in [0, 0.05) is 12.2 Å². The summed E-state index contributed by atoms with van der Waals surface area (Å²) in [6, 6.07) is 10.4. The summed E-state index contributed by atoms with van der Waals surface area (Å²) in [7, 11) is 4.86. The second-order valence-electron chi connectivity index (χ2n) is 6.71. The van der Waals surface area contributed by atoms with E-state index < -0.39 is 6.04 Å². The van der Waals surface area contributed by atoms with Gasteiger partial charge in [-0.05, 0) is 50.7 Å². The van der Waals surface area contributed by atoms with E-state index in [9.17, 15) is 9.59 Å². The van der Waals surface area contributed by atoms with E-state index in [4.69, 9.17) is 9.47 Å². The number of aromatic nitrogens is 1. The highest BCUT2D eigenvalue weighted by molar-refractivity contribution is 5.92. The molecule has 2 N–H and O–H groups in total. The lowest BCUT2D eigenvalue weighted by molar-refractivity contribution is -0.126. The van der Waals surface area contributed by atoms with Gasteiger partial charge in [-0.15, -0.1) is 0 Å². The minimum Gasteiger partial charge on any atom is -0.493 e. The highest BCUT2D eigenvalue weighted by Crippen LogP contribution is 2.27. The second-order valence-corrected chi connectivity index (χ2v) is 6.71. The molecule has 0 fully saturated rings. The largest absolute Gasteiger partial charge is 0.493 e. The summed E-state index contributed by atoms with van der Waals surface area (Å²) in [5, 5.41) is 5.62. The fraction of sp³-hybridized carbons (Fsp3) is 0.381. The van der Waals surface area contributed by atoms with Crippen molar-refractivity contribution in [3.63, 3.8) is 0 Å². The van der Waals surface area contributed by atoms with E-state index in [2.05, 4.69) is 15.6 Å². The van der Waals surface area contributed by atoms with Crippen LogP contribution >= 0.6 is 0 Å². The van der Waals surface area contributed by atoms with Crippen LogP contribution in [0.2, 0.25) is 0 Å². The molecule has 8 heteroatoms. The van der Waals surface area contributed by atoms with Crippen molar-refractivity contribution in [2.45, 2.75) is 26.4 Å². The summed E-state index contributed by atoms with van der Waals surface area (Å²) in [5.74, 6) is 1.32. The Morgan fingerprint density at radius 3 is 2.52 bits per heavy atom. The number of pyridine rings is 1. The zero-order valence-electron chi connectivity index (χ0n) is 17.5. The zero-order valence-corrected chi connectivity index (χ0v) is 17.5. The third-order valence-corrected chi connectivity index (χ3v) is 4.50. The number of hydrogen-bond donors (Lipinski definition) is 2. The fourth-order valence-corrected chi connectivity index (χ4v) is 2.69. The summed E-state index contributed by atoms with van der Waals surface area (Å²) in [6.45, 7) is 4.02. The quantitative estimate of drug-likeness (QED) is 0.669. The minimum absolute atomic E-state index is 0.0700. The first-order chi connectivity index (χ1) is 13.8. The summed E-state index contributed by atoms with van der Waals surface area (Å²) < 4.78 is 10.5. The van der Waals surface area contributed by atoms with Gasteiger partial charge in [-0.1, -0.05) is 12.1 Å². The normalized spacial score (nSPS) is 11.7. The van der Waals surface area contributed by atoms with Gasteiger partial charge in [0.25, 0.3) is 0 Å². The Bertz CT molecular complexity index is 856. The van der Waals surface area contributed by atoms with Gasteiger partial charge in [0.2, 0.25) is 11.8 Å². The Kier molecular flexibility index (Phi) is 7.97. The van der Waals surface area contributed by atoms with Crippen molar-refractivity contribution >= 4 is 17.6 Å². The number of hydrogen-bond acceptors (Lipinski definition) is 6. The number of nitrogens with zero attached hydrogens (tertiary/aromatic N) is 2. The van der Waals surface area contributed by atoms with E-state index in [1.165, 1.54) is 0 Å². The summed E-state index contributed by atoms with van der Waals surface area (Å²) in [6.07, 6.45) is 0. The molecule has 2 rings (SSSR count). The number of carbonyl (C=O) groups is 2. The van der Waals surface area contributed by atoms with E-state index in [1.54, 1.807) is 45.2 Å². The number of ether oxygens (including phenoxy) is 2. The molecular weight excluding hydrogens is 372 g/mol. The molecule has 2 amide bonds. The van der Waals surface area contributed by atoms with E-state index in [0.717, 1.165) is 11.3 Å². The van der Waals surface area contributed by atoms with Crippen molar-refractivity contribution in [3.05, 3.63) is 47.7 Å².